The van der Waals surface area contributed by atoms with Gasteiger partial charge < -0.3 is 20.4 Å². The normalized spacial score (nSPS) is 10.6. The van der Waals surface area contributed by atoms with Crippen LogP contribution in [0.15, 0.2) is 21.3 Å². The average Bonchev–Trinajstić information content (AvgIpc) is 2.64. The molecule has 1 heterocycles. The molecule has 2 aromatic rings. The van der Waals surface area contributed by atoms with Crippen LogP contribution in [0, 0.1) is 0 Å². The van der Waals surface area contributed by atoms with Crippen molar-refractivity contribution in [3.8, 4) is 0 Å². The predicted molar refractivity (Wildman–Crippen MR) is 68.4 cm³/mol. The number of hydrogen-bond acceptors (Lipinski definition) is 5. The number of aromatic nitrogens is 1. The number of nitrogens with two attached hydrogens (primary N) is 1. The van der Waals surface area contributed by atoms with Crippen molar-refractivity contribution in [3.63, 3.8) is 0 Å². The van der Waals surface area contributed by atoms with Crippen LogP contribution < -0.4 is 16.8 Å². The van der Waals surface area contributed by atoms with E-state index in [1.165, 1.54) is 11.0 Å². The zero-order valence-electron chi connectivity index (χ0n) is 10.1. The number of aromatic amines is 1. The van der Waals surface area contributed by atoms with E-state index in [9.17, 15) is 9.59 Å². The lowest BCUT2D eigenvalue weighted by Gasteiger charge is -2.12. The Morgan fingerprint density at radius 1 is 1.50 bits per heavy atom. The van der Waals surface area contributed by atoms with Crippen LogP contribution in [0.3, 0.4) is 0 Å². The number of rotatable bonds is 3. The molecular weight excluding hydrogens is 236 g/mol. The zero-order chi connectivity index (χ0) is 13.3. The maximum absolute atomic E-state index is 11.4. The van der Waals surface area contributed by atoms with Crippen LogP contribution >= 0.6 is 0 Å². The first kappa shape index (κ1) is 12.0. The van der Waals surface area contributed by atoms with Crippen LogP contribution in [0.2, 0.25) is 0 Å². The van der Waals surface area contributed by atoms with Crippen molar-refractivity contribution in [2.24, 2.45) is 0 Å². The molecule has 0 saturated heterocycles. The van der Waals surface area contributed by atoms with Gasteiger partial charge in [-0.05, 0) is 6.07 Å². The topological polar surface area (TPSA) is 104 Å². The van der Waals surface area contributed by atoms with E-state index in [1.807, 2.05) is 0 Å². The molecule has 0 aliphatic carbocycles. The van der Waals surface area contributed by atoms with E-state index >= 15 is 0 Å². The minimum atomic E-state index is -0.536. The van der Waals surface area contributed by atoms with E-state index < -0.39 is 5.76 Å². The van der Waals surface area contributed by atoms with E-state index in [-0.39, 0.29) is 12.5 Å². The number of nitrogens with zero attached hydrogens (tertiary/aromatic N) is 1. The first-order valence-corrected chi connectivity index (χ1v) is 5.34. The Labute approximate surface area is 103 Å². The number of nitrogens with one attached hydrogen (secondary N) is 2. The van der Waals surface area contributed by atoms with Gasteiger partial charge in [0.2, 0.25) is 5.91 Å². The van der Waals surface area contributed by atoms with Gasteiger partial charge in [0, 0.05) is 20.2 Å². The number of likely N-dealkylation sites (N-methyl/N-ethyl adjacent to an activating group) is 1. The van der Waals surface area contributed by atoms with Gasteiger partial charge in [-0.15, -0.1) is 0 Å². The molecule has 0 aliphatic heterocycles. The number of amides is 1. The first-order valence-electron chi connectivity index (χ1n) is 5.34. The molecule has 0 saturated carbocycles. The lowest BCUT2D eigenvalue weighted by atomic mass is 10.2. The van der Waals surface area contributed by atoms with E-state index in [2.05, 4.69) is 10.3 Å². The molecule has 0 spiro atoms. The van der Waals surface area contributed by atoms with E-state index in [1.54, 1.807) is 20.2 Å². The van der Waals surface area contributed by atoms with Gasteiger partial charge >= 0.3 is 5.76 Å². The molecule has 4 N–H and O–H groups in total. The Morgan fingerprint density at radius 3 is 2.89 bits per heavy atom. The van der Waals surface area contributed by atoms with Gasteiger partial charge in [0.1, 0.15) is 0 Å². The highest BCUT2D eigenvalue weighted by Gasteiger charge is 2.08. The summed E-state index contributed by atoms with van der Waals surface area (Å²) in [6, 6.07) is 3.17. The minimum Gasteiger partial charge on any atom is -0.408 e. The Bertz CT molecular complexity index is 641. The quantitative estimate of drug-likeness (QED) is 0.675. The molecule has 7 heteroatoms. The van der Waals surface area contributed by atoms with Crippen LogP contribution in [0.1, 0.15) is 0 Å². The summed E-state index contributed by atoms with van der Waals surface area (Å²) in [6.45, 7) is 0.130. The Morgan fingerprint density at radius 2 is 2.22 bits per heavy atom. The fourth-order valence-corrected chi connectivity index (χ4v) is 1.50. The predicted octanol–water partition coefficient (Wildman–Crippen LogP) is 0.203. The third kappa shape index (κ3) is 2.29. The lowest BCUT2D eigenvalue weighted by molar-refractivity contribution is -0.126. The second-order valence-electron chi connectivity index (χ2n) is 4.09. The Balaban J connectivity index is 2.25. The number of nitrogen functional groups attached to an aromatic ring is 1. The van der Waals surface area contributed by atoms with Crippen molar-refractivity contribution in [2.75, 3.05) is 31.7 Å². The molecule has 7 nitrogen and oxygen atoms in total. The summed E-state index contributed by atoms with van der Waals surface area (Å²) in [5.74, 6) is -0.610. The van der Waals surface area contributed by atoms with E-state index in [4.69, 9.17) is 10.2 Å². The number of H-pyrrole nitrogens is 1. The van der Waals surface area contributed by atoms with Gasteiger partial charge in [-0.1, -0.05) is 0 Å². The fourth-order valence-electron chi connectivity index (χ4n) is 1.50. The summed E-state index contributed by atoms with van der Waals surface area (Å²) in [7, 11) is 3.34. The highest BCUT2D eigenvalue weighted by Crippen LogP contribution is 2.24. The number of fused-ring (bicyclic) bond motifs is 1. The molecule has 1 aromatic carbocycles. The van der Waals surface area contributed by atoms with Gasteiger partial charge in [-0.2, -0.15) is 0 Å². The molecular formula is C11H14N4O3. The van der Waals surface area contributed by atoms with Crippen LogP contribution in [0.5, 0.6) is 0 Å². The number of benzene rings is 1. The van der Waals surface area contributed by atoms with Gasteiger partial charge in [0.25, 0.3) is 0 Å². The largest absolute Gasteiger partial charge is 0.417 e. The van der Waals surface area contributed by atoms with E-state index in [0.29, 0.717) is 22.5 Å². The van der Waals surface area contributed by atoms with Gasteiger partial charge in [0.15, 0.2) is 5.58 Å². The summed E-state index contributed by atoms with van der Waals surface area (Å²) >= 11 is 0. The zero-order valence-corrected chi connectivity index (χ0v) is 10.1. The highest BCUT2D eigenvalue weighted by molar-refractivity contribution is 5.87. The number of anilines is 2. The number of carbonyl (C=O) groups excluding carboxylic acids is 1. The summed E-state index contributed by atoms with van der Waals surface area (Å²) < 4.78 is 4.87. The molecule has 0 atom stereocenters. The standard InChI is InChI=1S/C11H14N4O3/c1-15(2)10(16)5-13-7-4-8-9(3-6(7)12)18-11(17)14-8/h3-4,13H,5,12H2,1-2H3,(H,14,17). The van der Waals surface area contributed by atoms with Gasteiger partial charge in [0.05, 0.1) is 23.4 Å². The summed E-state index contributed by atoms with van der Waals surface area (Å²) in [5.41, 5.74) is 7.71. The molecule has 1 aromatic heterocycles. The molecule has 0 radical (unpaired) electrons. The van der Waals surface area contributed by atoms with Crippen LogP contribution in [0.25, 0.3) is 11.1 Å². The summed E-state index contributed by atoms with van der Waals surface area (Å²) in [5, 5.41) is 2.92. The SMILES string of the molecule is CN(C)C(=O)CNc1cc2[nH]c(=O)oc2cc1N. The van der Waals surface area contributed by atoms with E-state index in [0.717, 1.165) is 0 Å². The highest BCUT2D eigenvalue weighted by atomic mass is 16.4. The third-order valence-corrected chi connectivity index (χ3v) is 2.52. The van der Waals surface area contributed by atoms with Crippen LogP contribution in [0.4, 0.5) is 11.4 Å². The summed E-state index contributed by atoms with van der Waals surface area (Å²) in [4.78, 5) is 26.5. The first-order chi connectivity index (χ1) is 8.47. The molecule has 0 aliphatic rings. The van der Waals surface area contributed by atoms with Crippen molar-refractivity contribution < 1.29 is 9.21 Å². The molecule has 0 fully saturated rings. The van der Waals surface area contributed by atoms with Crippen LogP contribution in [-0.2, 0) is 4.79 Å². The third-order valence-electron chi connectivity index (χ3n) is 2.52. The second-order valence-corrected chi connectivity index (χ2v) is 4.09. The molecule has 0 unspecified atom stereocenters. The summed E-state index contributed by atoms with van der Waals surface area (Å²) in [6.07, 6.45) is 0. The second kappa shape index (κ2) is 4.44. The van der Waals surface area contributed by atoms with Crippen molar-refractivity contribution in [2.45, 2.75) is 0 Å². The van der Waals surface area contributed by atoms with Gasteiger partial charge in [-0.3, -0.25) is 9.78 Å². The number of hydrogen-bond donors (Lipinski definition) is 3. The maximum atomic E-state index is 11.4. The number of oxazole rings is 1. The molecule has 2 rings (SSSR count). The Kier molecular flexibility index (Phi) is 2.97. The minimum absolute atomic E-state index is 0.0739. The average molecular weight is 250 g/mol. The number of carbonyl (C=O) groups is 1. The Hall–Kier alpha value is -2.44. The smallest absolute Gasteiger partial charge is 0.408 e. The monoisotopic (exact) mass is 250 g/mol. The molecule has 96 valence electrons. The maximum Gasteiger partial charge on any atom is 0.417 e. The molecule has 0 bridgehead atoms. The molecule has 1 amide bonds. The van der Waals surface area contributed by atoms with Crippen molar-refractivity contribution in [1.82, 2.24) is 9.88 Å². The van der Waals surface area contributed by atoms with Gasteiger partial charge in [-0.25, -0.2) is 4.79 Å². The molecule has 18 heavy (non-hydrogen) atoms. The lowest BCUT2D eigenvalue weighted by Crippen LogP contribution is -2.28. The van der Waals surface area contributed by atoms with Crippen molar-refractivity contribution in [1.29, 1.82) is 0 Å². The van der Waals surface area contributed by atoms with Crippen molar-refractivity contribution >= 4 is 28.4 Å². The fraction of sp³-hybridized carbons (Fsp3) is 0.273. The van der Waals surface area contributed by atoms with Crippen LogP contribution in [-0.4, -0.2) is 36.4 Å². The van der Waals surface area contributed by atoms with Crippen molar-refractivity contribution in [3.05, 3.63) is 22.7 Å².